The summed E-state index contributed by atoms with van der Waals surface area (Å²) in [4.78, 5) is 48.6. The largest absolute Gasteiger partial charge is 0.514 e. The van der Waals surface area contributed by atoms with Gasteiger partial charge in [0.2, 0.25) is 0 Å². The van der Waals surface area contributed by atoms with Crippen LogP contribution < -0.4 is 14.8 Å². The number of ether oxygens (including phenoxy) is 6. The van der Waals surface area contributed by atoms with Gasteiger partial charge in [0.25, 0.3) is 0 Å². The molecule has 0 spiro atoms. The molecule has 0 unspecified atom stereocenters. The first-order chi connectivity index (χ1) is 18.1. The zero-order valence-electron chi connectivity index (χ0n) is 22.1. The van der Waals surface area contributed by atoms with E-state index in [0.29, 0.717) is 11.1 Å². The van der Waals surface area contributed by atoms with Gasteiger partial charge in [-0.1, -0.05) is 24.3 Å². The first-order valence-corrected chi connectivity index (χ1v) is 12.0. The van der Waals surface area contributed by atoms with Crippen LogP contribution in [0.3, 0.4) is 0 Å². The molecule has 2 aromatic carbocycles. The summed E-state index contributed by atoms with van der Waals surface area (Å²) in [5.74, 6) is -1.21. The molecule has 0 saturated carbocycles. The van der Waals surface area contributed by atoms with Gasteiger partial charge in [-0.15, -0.1) is 0 Å². The van der Waals surface area contributed by atoms with Crippen LogP contribution in [0, 0.1) is 0 Å². The van der Waals surface area contributed by atoms with Gasteiger partial charge in [0.15, 0.2) is 11.5 Å². The van der Waals surface area contributed by atoms with Gasteiger partial charge in [-0.25, -0.2) is 14.4 Å². The van der Waals surface area contributed by atoms with Crippen LogP contribution in [0.4, 0.5) is 9.59 Å². The van der Waals surface area contributed by atoms with Gasteiger partial charge in [-0.3, -0.25) is 4.79 Å². The number of carbonyl (C=O) groups is 4. The monoisotopic (exact) mass is 531 g/mol. The Bertz CT molecular complexity index is 1080. The van der Waals surface area contributed by atoms with Crippen molar-refractivity contribution in [3.63, 3.8) is 0 Å². The molecule has 38 heavy (non-hydrogen) atoms. The highest BCUT2D eigenvalue weighted by atomic mass is 16.7. The molecule has 2 aromatic rings. The van der Waals surface area contributed by atoms with Crippen LogP contribution in [0.25, 0.3) is 0 Å². The second-order valence-corrected chi connectivity index (χ2v) is 8.55. The van der Waals surface area contributed by atoms with Crippen molar-refractivity contribution < 1.29 is 47.6 Å². The average Bonchev–Trinajstić information content (AvgIpc) is 2.86. The van der Waals surface area contributed by atoms with Gasteiger partial charge < -0.3 is 33.7 Å². The Kier molecular flexibility index (Phi) is 12.0. The normalized spacial score (nSPS) is 11.4. The number of carbonyl (C=O) groups excluding carboxylic acids is 4. The first-order valence-electron chi connectivity index (χ1n) is 12.0. The fourth-order valence-corrected chi connectivity index (χ4v) is 3.11. The summed E-state index contributed by atoms with van der Waals surface area (Å²) in [7, 11) is 1.25. The van der Waals surface area contributed by atoms with Gasteiger partial charge in [-0.2, -0.15) is 0 Å². The van der Waals surface area contributed by atoms with Crippen LogP contribution in [0.15, 0.2) is 48.5 Å². The van der Waals surface area contributed by atoms with E-state index >= 15 is 0 Å². The van der Waals surface area contributed by atoms with Crippen molar-refractivity contribution >= 4 is 24.2 Å². The minimum absolute atomic E-state index is 0.0152. The van der Waals surface area contributed by atoms with Crippen molar-refractivity contribution in [2.45, 2.75) is 52.4 Å². The molecule has 0 amide bonds. The first kappa shape index (κ1) is 30.1. The van der Waals surface area contributed by atoms with E-state index in [9.17, 15) is 19.2 Å². The number of rotatable bonds is 12. The third-order valence-corrected chi connectivity index (χ3v) is 4.72. The van der Waals surface area contributed by atoms with Crippen LogP contribution in [0.5, 0.6) is 11.5 Å². The molecule has 0 saturated heterocycles. The third-order valence-electron chi connectivity index (χ3n) is 4.72. The maximum absolute atomic E-state index is 12.4. The van der Waals surface area contributed by atoms with Gasteiger partial charge >= 0.3 is 24.2 Å². The van der Waals surface area contributed by atoms with E-state index in [1.165, 1.54) is 19.2 Å². The lowest BCUT2D eigenvalue weighted by Crippen LogP contribution is -2.41. The Morgan fingerprint density at radius 1 is 0.816 bits per heavy atom. The second kappa shape index (κ2) is 15.2. The summed E-state index contributed by atoms with van der Waals surface area (Å²) in [6.07, 6.45) is -2.72. The molecule has 1 atom stereocenters. The predicted octanol–water partition coefficient (Wildman–Crippen LogP) is 4.06. The maximum atomic E-state index is 12.4. The summed E-state index contributed by atoms with van der Waals surface area (Å²) in [6, 6.07) is 12.1. The van der Waals surface area contributed by atoms with E-state index in [1.54, 1.807) is 64.1 Å². The standard InChI is InChI=1S/C27H33NO10/c1-17(2)35-26(31)37-22-12-11-19(16-23(22)38-27(32)36-18(3)4)15-21(25(30)33-5)28-13-14-34-24(29)20-9-7-6-8-10-20/h6-12,16-18,21,28H,13-15H2,1-5H3/t21-/m0/s1. The number of hydrogen-bond acceptors (Lipinski definition) is 11. The molecule has 0 aliphatic heterocycles. The van der Waals surface area contributed by atoms with Gasteiger partial charge in [0, 0.05) is 6.54 Å². The Morgan fingerprint density at radius 3 is 2.00 bits per heavy atom. The smallest absolute Gasteiger partial charge is 0.468 e. The van der Waals surface area contributed by atoms with E-state index in [1.807, 2.05) is 0 Å². The highest BCUT2D eigenvalue weighted by molar-refractivity contribution is 5.89. The van der Waals surface area contributed by atoms with Gasteiger partial charge in [-0.05, 0) is 63.9 Å². The highest BCUT2D eigenvalue weighted by Crippen LogP contribution is 2.30. The molecule has 0 heterocycles. The van der Waals surface area contributed by atoms with Crippen molar-refractivity contribution in [1.82, 2.24) is 5.32 Å². The summed E-state index contributed by atoms with van der Waals surface area (Å²) >= 11 is 0. The molecule has 206 valence electrons. The van der Waals surface area contributed by atoms with Crippen molar-refractivity contribution in [3.8, 4) is 11.5 Å². The summed E-state index contributed by atoms with van der Waals surface area (Å²) < 4.78 is 30.5. The molecule has 11 nitrogen and oxygen atoms in total. The molecule has 2 rings (SSSR count). The van der Waals surface area contributed by atoms with Crippen molar-refractivity contribution in [3.05, 3.63) is 59.7 Å². The second-order valence-electron chi connectivity index (χ2n) is 8.55. The Labute approximate surface area is 221 Å². The average molecular weight is 532 g/mol. The maximum Gasteiger partial charge on any atom is 0.514 e. The predicted molar refractivity (Wildman–Crippen MR) is 135 cm³/mol. The zero-order valence-corrected chi connectivity index (χ0v) is 22.1. The molecule has 0 aliphatic rings. The molecule has 0 aliphatic carbocycles. The fraction of sp³-hybridized carbons (Fsp3) is 0.407. The topological polar surface area (TPSA) is 136 Å². The lowest BCUT2D eigenvalue weighted by molar-refractivity contribution is -0.143. The van der Waals surface area contributed by atoms with E-state index in [2.05, 4.69) is 5.32 Å². The van der Waals surface area contributed by atoms with Crippen LogP contribution in [0.2, 0.25) is 0 Å². The van der Waals surface area contributed by atoms with Crippen LogP contribution >= 0.6 is 0 Å². The number of methoxy groups -OCH3 is 1. The van der Waals surface area contributed by atoms with Crippen LogP contribution in [0.1, 0.15) is 43.6 Å². The molecule has 1 N–H and O–H groups in total. The number of benzene rings is 2. The summed E-state index contributed by atoms with van der Waals surface area (Å²) in [5.41, 5.74) is 0.964. The Hall–Kier alpha value is -4.12. The lowest BCUT2D eigenvalue weighted by atomic mass is 10.1. The number of nitrogens with one attached hydrogen (secondary N) is 1. The fourth-order valence-electron chi connectivity index (χ4n) is 3.11. The van der Waals surface area contributed by atoms with Crippen LogP contribution in [-0.4, -0.2) is 62.8 Å². The third kappa shape index (κ3) is 10.5. The molecule has 0 fully saturated rings. The van der Waals surface area contributed by atoms with E-state index < -0.39 is 42.5 Å². The quantitative estimate of drug-likeness (QED) is 0.184. The summed E-state index contributed by atoms with van der Waals surface area (Å²) in [6.45, 7) is 6.80. The Balaban J connectivity index is 2.11. The van der Waals surface area contributed by atoms with Crippen LogP contribution in [-0.2, 0) is 30.2 Å². The molecule has 0 aromatic heterocycles. The summed E-state index contributed by atoms with van der Waals surface area (Å²) in [5, 5.41) is 2.99. The lowest BCUT2D eigenvalue weighted by Gasteiger charge is -2.18. The molecule has 0 bridgehead atoms. The molecule has 11 heteroatoms. The van der Waals surface area contributed by atoms with E-state index in [-0.39, 0.29) is 31.1 Å². The minimum atomic E-state index is -0.998. The SMILES string of the molecule is COC(=O)[C@H](Cc1ccc(OC(=O)OC(C)C)c(OC(=O)OC(C)C)c1)NCCOC(=O)c1ccccc1. The minimum Gasteiger partial charge on any atom is -0.468 e. The Morgan fingerprint density at radius 2 is 1.42 bits per heavy atom. The van der Waals surface area contributed by atoms with E-state index in [4.69, 9.17) is 28.4 Å². The molecular formula is C27H33NO10. The van der Waals surface area contributed by atoms with Crippen molar-refractivity contribution in [2.75, 3.05) is 20.3 Å². The van der Waals surface area contributed by atoms with Gasteiger partial charge in [0.1, 0.15) is 12.6 Å². The highest BCUT2D eigenvalue weighted by Gasteiger charge is 2.22. The molecule has 0 radical (unpaired) electrons. The number of esters is 2. The number of hydrogen-bond donors (Lipinski definition) is 1. The van der Waals surface area contributed by atoms with Crippen molar-refractivity contribution in [2.24, 2.45) is 0 Å². The molecular weight excluding hydrogens is 498 g/mol. The zero-order chi connectivity index (χ0) is 28.1. The van der Waals surface area contributed by atoms with Gasteiger partial charge in [0.05, 0.1) is 24.9 Å². The van der Waals surface area contributed by atoms with Crippen molar-refractivity contribution in [1.29, 1.82) is 0 Å². The van der Waals surface area contributed by atoms with E-state index in [0.717, 1.165) is 0 Å².